The number of amides is 3. The van der Waals surface area contributed by atoms with Gasteiger partial charge in [-0.1, -0.05) is 6.42 Å². The number of aromatic nitrogens is 2. The predicted octanol–water partition coefficient (Wildman–Crippen LogP) is 3.66. The minimum absolute atomic E-state index is 0.00758. The van der Waals surface area contributed by atoms with Gasteiger partial charge in [0.25, 0.3) is 17.7 Å². The summed E-state index contributed by atoms with van der Waals surface area (Å²) in [7, 11) is 0. The fraction of sp³-hybridized carbons (Fsp3) is 0.308. The maximum absolute atomic E-state index is 13.0. The van der Waals surface area contributed by atoms with Gasteiger partial charge in [-0.05, 0) is 81.4 Å². The molecule has 3 amide bonds. The van der Waals surface area contributed by atoms with Gasteiger partial charge in [0.2, 0.25) is 0 Å². The number of carbonyl (C=O) groups is 3. The van der Waals surface area contributed by atoms with Crippen LogP contribution in [0.3, 0.4) is 0 Å². The van der Waals surface area contributed by atoms with Crippen LogP contribution in [0.4, 0.5) is 15.8 Å². The number of benzene rings is 2. The molecule has 3 aromatic rings. The Bertz CT molecular complexity index is 1200. The van der Waals surface area contributed by atoms with Crippen LogP contribution in [0.1, 0.15) is 57.5 Å². The van der Waals surface area contributed by atoms with Gasteiger partial charge in [-0.15, -0.1) is 0 Å². The van der Waals surface area contributed by atoms with E-state index in [0.29, 0.717) is 23.5 Å². The molecule has 1 atom stereocenters. The smallest absolute Gasteiger partial charge is 0.276 e. The lowest BCUT2D eigenvalue weighted by Crippen LogP contribution is -2.44. The SMILES string of the molecule is CC(CNC(=O)c1[nH]cnc1C(=O)Nc1ccc(NC(=O)c2ccc(F)cc2)cc1)N1CCCCC1. The minimum Gasteiger partial charge on any atom is -0.349 e. The summed E-state index contributed by atoms with van der Waals surface area (Å²) in [6.45, 7) is 4.62. The zero-order chi connectivity index (χ0) is 25.5. The molecule has 4 N–H and O–H groups in total. The van der Waals surface area contributed by atoms with Crippen LogP contribution in [-0.2, 0) is 0 Å². The Labute approximate surface area is 208 Å². The summed E-state index contributed by atoms with van der Waals surface area (Å²) in [6.07, 6.45) is 4.90. The molecule has 1 saturated heterocycles. The van der Waals surface area contributed by atoms with Gasteiger partial charge in [0, 0.05) is 29.5 Å². The number of piperidine rings is 1. The van der Waals surface area contributed by atoms with E-state index in [1.165, 1.54) is 49.9 Å². The number of aromatic amines is 1. The average molecular weight is 493 g/mol. The van der Waals surface area contributed by atoms with E-state index in [1.807, 2.05) is 0 Å². The largest absolute Gasteiger partial charge is 0.349 e. The minimum atomic E-state index is -0.534. The quantitative estimate of drug-likeness (QED) is 0.383. The monoisotopic (exact) mass is 492 g/mol. The number of rotatable bonds is 8. The highest BCUT2D eigenvalue weighted by atomic mass is 19.1. The van der Waals surface area contributed by atoms with E-state index in [1.54, 1.807) is 24.3 Å². The van der Waals surface area contributed by atoms with Gasteiger partial charge in [0.05, 0.1) is 6.33 Å². The van der Waals surface area contributed by atoms with Crippen molar-refractivity contribution in [3.63, 3.8) is 0 Å². The van der Waals surface area contributed by atoms with Crippen molar-refractivity contribution in [2.45, 2.75) is 32.2 Å². The molecule has 4 rings (SSSR count). The number of anilines is 2. The second-order valence-corrected chi connectivity index (χ2v) is 8.77. The van der Waals surface area contributed by atoms with Crippen molar-refractivity contribution in [3.05, 3.63) is 77.6 Å². The van der Waals surface area contributed by atoms with Crippen molar-refractivity contribution >= 4 is 29.1 Å². The molecule has 1 aliphatic heterocycles. The summed E-state index contributed by atoms with van der Waals surface area (Å²) in [4.78, 5) is 46.9. The van der Waals surface area contributed by atoms with Gasteiger partial charge in [-0.3, -0.25) is 19.3 Å². The summed E-state index contributed by atoms with van der Waals surface area (Å²) < 4.78 is 13.0. The van der Waals surface area contributed by atoms with E-state index >= 15 is 0 Å². The van der Waals surface area contributed by atoms with Crippen LogP contribution in [0.2, 0.25) is 0 Å². The number of halogens is 1. The first kappa shape index (κ1) is 25.1. The van der Waals surface area contributed by atoms with E-state index in [4.69, 9.17) is 0 Å². The van der Waals surface area contributed by atoms with E-state index in [-0.39, 0.29) is 29.2 Å². The normalized spacial score (nSPS) is 14.6. The summed E-state index contributed by atoms with van der Waals surface area (Å²) >= 11 is 0. The van der Waals surface area contributed by atoms with Crippen molar-refractivity contribution in [1.29, 1.82) is 0 Å². The highest BCUT2D eigenvalue weighted by molar-refractivity contribution is 6.10. The molecule has 2 aromatic carbocycles. The third-order valence-corrected chi connectivity index (χ3v) is 6.16. The van der Waals surface area contributed by atoms with Gasteiger partial charge >= 0.3 is 0 Å². The van der Waals surface area contributed by atoms with Crippen LogP contribution in [0.25, 0.3) is 0 Å². The number of hydrogen-bond acceptors (Lipinski definition) is 5. The fourth-order valence-electron chi connectivity index (χ4n) is 4.09. The molecule has 36 heavy (non-hydrogen) atoms. The van der Waals surface area contributed by atoms with Gasteiger partial charge < -0.3 is 20.9 Å². The maximum Gasteiger partial charge on any atom is 0.276 e. The van der Waals surface area contributed by atoms with Gasteiger partial charge in [-0.25, -0.2) is 9.37 Å². The van der Waals surface area contributed by atoms with Gasteiger partial charge in [0.1, 0.15) is 11.5 Å². The standard InChI is InChI=1S/C26H29FN6O3/c1-17(33-13-3-2-4-14-33)15-28-25(35)22-23(30-16-29-22)26(36)32-21-11-9-20(10-12-21)31-24(34)18-5-7-19(27)8-6-18/h5-12,16-17H,2-4,13-15H2,1H3,(H,28,35)(H,29,30)(H,31,34)(H,32,36). The van der Waals surface area contributed by atoms with E-state index in [2.05, 4.69) is 37.7 Å². The molecule has 0 saturated carbocycles. The molecule has 0 spiro atoms. The molecule has 0 aliphatic carbocycles. The van der Waals surface area contributed by atoms with Crippen molar-refractivity contribution in [3.8, 4) is 0 Å². The Hall–Kier alpha value is -4.05. The Kier molecular flexibility index (Phi) is 8.06. The second-order valence-electron chi connectivity index (χ2n) is 8.77. The molecule has 1 unspecified atom stereocenters. The molecule has 10 heteroatoms. The van der Waals surface area contributed by atoms with E-state index in [0.717, 1.165) is 13.1 Å². The number of nitrogens with one attached hydrogen (secondary N) is 4. The Morgan fingerprint density at radius 3 is 2.17 bits per heavy atom. The van der Waals surface area contributed by atoms with Crippen LogP contribution in [0, 0.1) is 5.82 Å². The van der Waals surface area contributed by atoms with Gasteiger partial charge in [-0.2, -0.15) is 0 Å². The predicted molar refractivity (Wildman–Crippen MR) is 135 cm³/mol. The Morgan fingerprint density at radius 1 is 0.917 bits per heavy atom. The molecule has 1 fully saturated rings. The number of nitrogens with zero attached hydrogens (tertiary/aromatic N) is 2. The van der Waals surface area contributed by atoms with Crippen LogP contribution in [-0.4, -0.2) is 58.3 Å². The fourth-order valence-corrected chi connectivity index (χ4v) is 4.09. The molecular weight excluding hydrogens is 463 g/mol. The topological polar surface area (TPSA) is 119 Å². The highest BCUT2D eigenvalue weighted by Crippen LogP contribution is 2.17. The van der Waals surface area contributed by atoms with Crippen LogP contribution in [0.5, 0.6) is 0 Å². The van der Waals surface area contributed by atoms with Crippen LogP contribution in [0.15, 0.2) is 54.9 Å². The number of imidazole rings is 1. The lowest BCUT2D eigenvalue weighted by atomic mass is 10.1. The van der Waals surface area contributed by atoms with Gasteiger partial charge in [0.15, 0.2) is 5.69 Å². The van der Waals surface area contributed by atoms with Crippen molar-refractivity contribution in [2.75, 3.05) is 30.3 Å². The molecule has 1 aromatic heterocycles. The first-order chi connectivity index (χ1) is 17.4. The average Bonchev–Trinajstić information content (AvgIpc) is 3.39. The molecule has 188 valence electrons. The third kappa shape index (κ3) is 6.33. The number of likely N-dealkylation sites (tertiary alicyclic amines) is 1. The number of carbonyl (C=O) groups excluding carboxylic acids is 3. The maximum atomic E-state index is 13.0. The Balaban J connectivity index is 1.31. The Morgan fingerprint density at radius 2 is 1.53 bits per heavy atom. The van der Waals surface area contributed by atoms with Crippen LogP contribution >= 0.6 is 0 Å². The molecule has 2 heterocycles. The third-order valence-electron chi connectivity index (χ3n) is 6.16. The first-order valence-electron chi connectivity index (χ1n) is 11.9. The summed E-state index contributed by atoms with van der Waals surface area (Å²) in [6, 6.07) is 11.9. The van der Waals surface area contributed by atoms with E-state index < -0.39 is 11.7 Å². The van der Waals surface area contributed by atoms with E-state index in [9.17, 15) is 18.8 Å². The number of H-pyrrole nitrogens is 1. The summed E-state index contributed by atoms with van der Waals surface area (Å²) in [5.74, 6) is -1.72. The zero-order valence-electron chi connectivity index (χ0n) is 20.0. The zero-order valence-corrected chi connectivity index (χ0v) is 20.0. The molecule has 0 radical (unpaired) electrons. The molecule has 1 aliphatic rings. The highest BCUT2D eigenvalue weighted by Gasteiger charge is 2.22. The molecular formula is C26H29FN6O3. The second kappa shape index (κ2) is 11.6. The molecule has 0 bridgehead atoms. The van der Waals surface area contributed by atoms with Crippen molar-refractivity contribution in [1.82, 2.24) is 20.2 Å². The lowest BCUT2D eigenvalue weighted by molar-refractivity contribution is 0.0914. The van der Waals surface area contributed by atoms with Crippen molar-refractivity contribution < 1.29 is 18.8 Å². The van der Waals surface area contributed by atoms with Crippen molar-refractivity contribution in [2.24, 2.45) is 0 Å². The number of hydrogen-bond donors (Lipinski definition) is 4. The molecule has 9 nitrogen and oxygen atoms in total. The summed E-state index contributed by atoms with van der Waals surface area (Å²) in [5.41, 5.74) is 1.38. The lowest BCUT2D eigenvalue weighted by Gasteiger charge is -2.32. The first-order valence-corrected chi connectivity index (χ1v) is 11.9. The summed E-state index contributed by atoms with van der Waals surface area (Å²) in [5, 5.41) is 8.31. The van der Waals surface area contributed by atoms with Crippen LogP contribution < -0.4 is 16.0 Å².